The van der Waals surface area contributed by atoms with E-state index in [1.165, 1.54) is 6.41 Å². The quantitative estimate of drug-likeness (QED) is 0.501. The average molecular weight is 128 g/mol. The first-order chi connectivity index (χ1) is 4.26. The third-order valence-electron chi connectivity index (χ3n) is 0.652. The lowest BCUT2D eigenvalue weighted by Gasteiger charge is -2.03. The highest BCUT2D eigenvalue weighted by Gasteiger charge is 2.07. The van der Waals surface area contributed by atoms with Crippen LogP contribution in [-0.4, -0.2) is 24.5 Å². The second-order valence-electron chi connectivity index (χ2n) is 1.11. The molecule has 0 heterocycles. The molecule has 0 aliphatic rings. The molecule has 0 bridgehead atoms. The number of carbonyl (C=O) groups excluding carboxylic acids is 2. The lowest BCUT2D eigenvalue weighted by Crippen LogP contribution is -2.22. The molecule has 0 aliphatic heterocycles. The largest absolute Gasteiger partial charge is 0.452 e. The first-order valence-electron chi connectivity index (χ1n) is 2.13. The van der Waals surface area contributed by atoms with Crippen molar-refractivity contribution in [2.24, 2.45) is 0 Å². The van der Waals surface area contributed by atoms with Crippen molar-refractivity contribution in [1.82, 2.24) is 4.90 Å². The van der Waals surface area contributed by atoms with Crippen LogP contribution in [0.3, 0.4) is 0 Å². The Morgan fingerprint density at radius 2 is 2.44 bits per heavy atom. The van der Waals surface area contributed by atoms with E-state index in [9.17, 15) is 9.59 Å². The Labute approximate surface area is 52.7 Å². The van der Waals surface area contributed by atoms with Gasteiger partial charge in [-0.2, -0.15) is 0 Å². The van der Waals surface area contributed by atoms with E-state index in [1.54, 1.807) is 0 Å². The summed E-state index contributed by atoms with van der Waals surface area (Å²) in [4.78, 5) is 20.7. The molecule has 0 rings (SSSR count). The molecule has 0 atom stereocenters. The van der Waals surface area contributed by atoms with Gasteiger partial charge < -0.3 is 4.74 Å². The minimum atomic E-state index is -0.792. The Balaban J connectivity index is 3.93. The molecule has 4 heteroatoms. The van der Waals surface area contributed by atoms with Gasteiger partial charge in [-0.15, -0.1) is 0 Å². The van der Waals surface area contributed by atoms with Crippen molar-refractivity contribution in [3.05, 3.63) is 12.8 Å². The summed E-state index contributed by atoms with van der Waals surface area (Å²) in [5.41, 5.74) is 0. The van der Waals surface area contributed by atoms with Crippen LogP contribution in [0.1, 0.15) is 0 Å². The predicted octanol–water partition coefficient (Wildman–Crippen LogP) is 0.266. The van der Waals surface area contributed by atoms with Gasteiger partial charge in [-0.05, 0) is 0 Å². The zero-order chi connectivity index (χ0) is 7.28. The van der Waals surface area contributed by atoms with Crippen molar-refractivity contribution >= 4 is 12.5 Å². The van der Waals surface area contributed by atoms with Crippen molar-refractivity contribution in [1.29, 1.82) is 0 Å². The van der Waals surface area contributed by atoms with Gasteiger partial charge in [0.1, 0.15) is 0 Å². The number of amides is 2. The summed E-state index contributed by atoms with van der Waals surface area (Å²) >= 11 is 0. The zero-order valence-corrected chi connectivity index (χ0v) is 4.96. The SMILES string of the molecule is C=CN([C]=O)C(=O)OC. The minimum absolute atomic E-state index is 0.569. The van der Waals surface area contributed by atoms with Crippen molar-refractivity contribution in [3.8, 4) is 0 Å². The fraction of sp³-hybridized carbons (Fsp3) is 0.200. The molecule has 49 valence electrons. The van der Waals surface area contributed by atoms with Crippen LogP contribution in [0.5, 0.6) is 0 Å². The van der Waals surface area contributed by atoms with Crippen LogP contribution in [0.25, 0.3) is 0 Å². The van der Waals surface area contributed by atoms with Gasteiger partial charge in [0, 0.05) is 6.20 Å². The van der Waals surface area contributed by atoms with Crippen LogP contribution in [0.15, 0.2) is 12.8 Å². The maximum Gasteiger partial charge on any atom is 0.420 e. The Kier molecular flexibility index (Phi) is 3.12. The molecule has 0 aromatic carbocycles. The van der Waals surface area contributed by atoms with E-state index in [1.807, 2.05) is 0 Å². The van der Waals surface area contributed by atoms with Gasteiger partial charge in [0.15, 0.2) is 0 Å². The second-order valence-corrected chi connectivity index (χ2v) is 1.11. The first-order valence-corrected chi connectivity index (χ1v) is 2.13. The van der Waals surface area contributed by atoms with E-state index in [-0.39, 0.29) is 0 Å². The first kappa shape index (κ1) is 7.68. The highest BCUT2D eigenvalue weighted by atomic mass is 16.5. The van der Waals surface area contributed by atoms with Crippen LogP contribution in [0.4, 0.5) is 4.79 Å². The molecule has 0 spiro atoms. The van der Waals surface area contributed by atoms with Crippen LogP contribution in [0, 0.1) is 0 Å². The summed E-state index contributed by atoms with van der Waals surface area (Å²) in [6, 6.07) is 0. The van der Waals surface area contributed by atoms with Crippen molar-refractivity contribution < 1.29 is 14.3 Å². The van der Waals surface area contributed by atoms with E-state index in [0.717, 1.165) is 13.3 Å². The van der Waals surface area contributed by atoms with Crippen LogP contribution >= 0.6 is 0 Å². The summed E-state index contributed by atoms with van der Waals surface area (Å²) in [6.45, 7) is 3.16. The molecule has 9 heavy (non-hydrogen) atoms. The Morgan fingerprint density at radius 3 is 2.56 bits per heavy atom. The number of rotatable bonds is 2. The Bertz CT molecular complexity index is 124. The molecule has 0 aromatic rings. The molecule has 4 nitrogen and oxygen atoms in total. The summed E-state index contributed by atoms with van der Waals surface area (Å²) < 4.78 is 4.15. The van der Waals surface area contributed by atoms with E-state index in [0.29, 0.717) is 4.90 Å². The van der Waals surface area contributed by atoms with Crippen molar-refractivity contribution in [2.75, 3.05) is 7.11 Å². The van der Waals surface area contributed by atoms with E-state index >= 15 is 0 Å². The van der Waals surface area contributed by atoms with Gasteiger partial charge in [-0.3, -0.25) is 4.79 Å². The lowest BCUT2D eigenvalue weighted by molar-refractivity contribution is 0.155. The fourth-order valence-electron chi connectivity index (χ4n) is 0.247. The summed E-state index contributed by atoms with van der Waals surface area (Å²) in [5.74, 6) is 0. The molecule has 0 saturated heterocycles. The smallest absolute Gasteiger partial charge is 0.420 e. The highest BCUT2D eigenvalue weighted by molar-refractivity contribution is 5.81. The monoisotopic (exact) mass is 128 g/mol. The second kappa shape index (κ2) is 3.65. The molecule has 1 radical (unpaired) electrons. The van der Waals surface area contributed by atoms with Crippen molar-refractivity contribution in [2.45, 2.75) is 0 Å². The van der Waals surface area contributed by atoms with Gasteiger partial charge in [-0.25, -0.2) is 9.69 Å². The summed E-state index contributed by atoms with van der Waals surface area (Å²) in [7, 11) is 1.16. The number of hydrogen-bond donors (Lipinski definition) is 0. The highest BCUT2D eigenvalue weighted by Crippen LogP contribution is 1.86. The molecule has 0 N–H and O–H groups in total. The summed E-state index contributed by atoms with van der Waals surface area (Å²) in [6.07, 6.45) is 1.51. The maximum atomic E-state index is 10.3. The molecular weight excluding hydrogens is 122 g/mol. The minimum Gasteiger partial charge on any atom is -0.452 e. The standard InChI is InChI=1S/C5H6NO3/c1-3-6(4-7)5(8)9-2/h3H,1H2,2H3. The normalized spacial score (nSPS) is 7.67. The molecule has 0 aliphatic carbocycles. The van der Waals surface area contributed by atoms with Gasteiger partial charge in [0.25, 0.3) is 0 Å². The lowest BCUT2D eigenvalue weighted by atomic mass is 10.8. The molecular formula is C5H6NO3. The number of ether oxygens (including phenoxy) is 1. The topological polar surface area (TPSA) is 46.6 Å². The molecule has 0 fully saturated rings. The van der Waals surface area contributed by atoms with E-state index in [2.05, 4.69) is 11.3 Å². The Hall–Kier alpha value is -1.32. The number of hydrogen-bond acceptors (Lipinski definition) is 3. The fourth-order valence-corrected chi connectivity index (χ4v) is 0.247. The summed E-state index contributed by atoms with van der Waals surface area (Å²) in [5, 5.41) is 0. The van der Waals surface area contributed by atoms with Crippen LogP contribution in [-0.2, 0) is 9.53 Å². The predicted molar refractivity (Wildman–Crippen MR) is 30.1 cm³/mol. The molecule has 2 amide bonds. The third-order valence-corrected chi connectivity index (χ3v) is 0.652. The third kappa shape index (κ3) is 1.94. The number of imide groups is 1. The number of methoxy groups -OCH3 is 1. The van der Waals surface area contributed by atoms with Gasteiger partial charge in [0.2, 0.25) is 0 Å². The van der Waals surface area contributed by atoms with Crippen LogP contribution in [0.2, 0.25) is 0 Å². The number of nitrogens with zero attached hydrogens (tertiary/aromatic N) is 1. The van der Waals surface area contributed by atoms with Gasteiger partial charge in [-0.1, -0.05) is 6.58 Å². The average Bonchev–Trinajstić information content (AvgIpc) is 1.90. The molecule has 0 saturated carbocycles. The maximum absolute atomic E-state index is 10.3. The van der Waals surface area contributed by atoms with E-state index < -0.39 is 6.09 Å². The molecule has 0 unspecified atom stereocenters. The zero-order valence-electron chi connectivity index (χ0n) is 4.96. The van der Waals surface area contributed by atoms with E-state index in [4.69, 9.17) is 0 Å². The van der Waals surface area contributed by atoms with Gasteiger partial charge in [0.05, 0.1) is 7.11 Å². The Morgan fingerprint density at radius 1 is 1.89 bits per heavy atom. The number of carbonyl (C=O) groups is 1. The van der Waals surface area contributed by atoms with Gasteiger partial charge >= 0.3 is 12.5 Å². The molecule has 0 aromatic heterocycles. The van der Waals surface area contributed by atoms with Crippen LogP contribution < -0.4 is 0 Å². The van der Waals surface area contributed by atoms with Crippen molar-refractivity contribution in [3.63, 3.8) is 0 Å².